The first-order chi connectivity index (χ1) is 5.36. The largest absolute Gasteiger partial charge is 0.352 e. The van der Waals surface area contributed by atoms with E-state index in [0.29, 0.717) is 17.9 Å². The molecule has 0 bridgehead atoms. The smallest absolute Gasteiger partial charge is 0.225 e. The third-order valence-corrected chi connectivity index (χ3v) is 3.26. The Kier molecular flexibility index (Phi) is 0.984. The molecule has 3 fully saturated rings. The van der Waals surface area contributed by atoms with Crippen molar-refractivity contribution in [1.29, 1.82) is 0 Å². The Morgan fingerprint density at radius 2 is 1.73 bits per heavy atom. The van der Waals surface area contributed by atoms with Gasteiger partial charge in [0, 0.05) is 6.04 Å². The van der Waals surface area contributed by atoms with Crippen molar-refractivity contribution in [1.82, 2.24) is 5.32 Å². The third kappa shape index (κ3) is 0.815. The van der Waals surface area contributed by atoms with Crippen LogP contribution in [0.2, 0.25) is 0 Å². The molecule has 2 heteroatoms. The number of nitrogens with one attached hydrogen (secondary N) is 1. The minimum Gasteiger partial charge on any atom is -0.352 e. The Balaban J connectivity index is 1.71. The van der Waals surface area contributed by atoms with Crippen LogP contribution in [-0.2, 0) is 4.79 Å². The lowest BCUT2D eigenvalue weighted by molar-refractivity contribution is -0.136. The van der Waals surface area contributed by atoms with Crippen LogP contribution in [-0.4, -0.2) is 11.9 Å². The van der Waals surface area contributed by atoms with Gasteiger partial charge >= 0.3 is 0 Å². The molecule has 2 atom stereocenters. The summed E-state index contributed by atoms with van der Waals surface area (Å²) in [6.07, 6.45) is 5.32. The summed E-state index contributed by atoms with van der Waals surface area (Å²) in [5.74, 6) is 2.40. The lowest BCUT2D eigenvalue weighted by Crippen LogP contribution is -2.60. The van der Waals surface area contributed by atoms with Crippen molar-refractivity contribution in [2.45, 2.75) is 31.7 Å². The van der Waals surface area contributed by atoms with Gasteiger partial charge in [0.15, 0.2) is 0 Å². The number of rotatable bonds is 2. The first-order valence-corrected chi connectivity index (χ1v) is 4.66. The van der Waals surface area contributed by atoms with Crippen molar-refractivity contribution in [3.05, 3.63) is 0 Å². The molecule has 2 nitrogen and oxygen atoms in total. The van der Waals surface area contributed by atoms with Crippen molar-refractivity contribution in [3.8, 4) is 0 Å². The number of carbonyl (C=O) groups is 1. The molecule has 1 amide bonds. The van der Waals surface area contributed by atoms with Gasteiger partial charge < -0.3 is 5.32 Å². The van der Waals surface area contributed by atoms with Crippen LogP contribution >= 0.6 is 0 Å². The van der Waals surface area contributed by atoms with E-state index in [1.54, 1.807) is 0 Å². The van der Waals surface area contributed by atoms with Crippen molar-refractivity contribution >= 4 is 5.91 Å². The predicted molar refractivity (Wildman–Crippen MR) is 40.9 cm³/mol. The van der Waals surface area contributed by atoms with Gasteiger partial charge in [0.1, 0.15) is 0 Å². The first-order valence-electron chi connectivity index (χ1n) is 4.66. The Hall–Kier alpha value is -0.530. The summed E-state index contributed by atoms with van der Waals surface area (Å²) in [6, 6.07) is 0.593. The van der Waals surface area contributed by atoms with E-state index in [9.17, 15) is 4.79 Å². The molecule has 11 heavy (non-hydrogen) atoms. The second-order valence-electron chi connectivity index (χ2n) is 4.24. The highest BCUT2D eigenvalue weighted by molar-refractivity contribution is 5.86. The van der Waals surface area contributed by atoms with E-state index >= 15 is 0 Å². The van der Waals surface area contributed by atoms with E-state index in [-0.39, 0.29) is 0 Å². The van der Waals surface area contributed by atoms with Crippen LogP contribution in [0.25, 0.3) is 0 Å². The number of β-lactam (4-membered cyclic amide) rings is 1. The van der Waals surface area contributed by atoms with E-state index in [4.69, 9.17) is 0 Å². The Morgan fingerprint density at radius 3 is 2.18 bits per heavy atom. The van der Waals surface area contributed by atoms with E-state index < -0.39 is 0 Å². The monoisotopic (exact) mass is 151 g/mol. The predicted octanol–water partition coefficient (Wildman–Crippen LogP) is 0.921. The van der Waals surface area contributed by atoms with Crippen LogP contribution in [0, 0.1) is 17.8 Å². The zero-order chi connectivity index (χ0) is 7.42. The minimum absolute atomic E-state index is 0.337. The second-order valence-corrected chi connectivity index (χ2v) is 4.24. The summed E-state index contributed by atoms with van der Waals surface area (Å²) in [7, 11) is 0. The van der Waals surface area contributed by atoms with Gasteiger partial charge in [0.05, 0.1) is 5.92 Å². The fourth-order valence-electron chi connectivity index (χ4n) is 2.25. The maximum Gasteiger partial charge on any atom is 0.225 e. The summed E-state index contributed by atoms with van der Waals surface area (Å²) >= 11 is 0. The quantitative estimate of drug-likeness (QED) is 0.584. The Labute approximate surface area is 66.4 Å². The van der Waals surface area contributed by atoms with Gasteiger partial charge in [-0.05, 0) is 37.5 Å². The summed E-state index contributed by atoms with van der Waals surface area (Å²) in [5.41, 5.74) is 0. The SMILES string of the molecule is O=C1N[C@H](C2CC2)[C@H]1C1CC1. The maximum atomic E-state index is 11.1. The van der Waals surface area contributed by atoms with E-state index in [2.05, 4.69) is 5.32 Å². The molecule has 1 N–H and O–H groups in total. The Bertz CT molecular complexity index is 206. The highest BCUT2D eigenvalue weighted by atomic mass is 16.2. The van der Waals surface area contributed by atoms with E-state index in [1.165, 1.54) is 25.7 Å². The normalized spacial score (nSPS) is 43.1. The van der Waals surface area contributed by atoms with Crippen molar-refractivity contribution < 1.29 is 4.79 Å². The third-order valence-electron chi connectivity index (χ3n) is 3.26. The van der Waals surface area contributed by atoms with Crippen LogP contribution in [0.3, 0.4) is 0 Å². The van der Waals surface area contributed by atoms with Crippen molar-refractivity contribution in [2.75, 3.05) is 0 Å². The molecule has 1 heterocycles. The summed E-state index contributed by atoms with van der Waals surface area (Å²) in [6.45, 7) is 0. The van der Waals surface area contributed by atoms with Crippen LogP contribution < -0.4 is 5.32 Å². The van der Waals surface area contributed by atoms with Crippen LogP contribution in [0.4, 0.5) is 0 Å². The Morgan fingerprint density at radius 1 is 1.09 bits per heavy atom. The highest BCUT2D eigenvalue weighted by Crippen LogP contribution is 2.48. The fourth-order valence-corrected chi connectivity index (χ4v) is 2.25. The molecule has 3 rings (SSSR count). The van der Waals surface area contributed by atoms with Gasteiger partial charge in [-0.25, -0.2) is 0 Å². The summed E-state index contributed by atoms with van der Waals surface area (Å²) in [4.78, 5) is 11.1. The number of hydrogen-bond acceptors (Lipinski definition) is 1. The standard InChI is InChI=1S/C9H13NO/c11-9-7(5-1-2-5)8(10-9)6-3-4-6/h5-8H,1-4H2,(H,10,11)/t7-,8-/m1/s1. The molecule has 3 aliphatic rings. The molecule has 0 unspecified atom stereocenters. The average Bonchev–Trinajstić information content (AvgIpc) is 2.75. The zero-order valence-electron chi connectivity index (χ0n) is 6.55. The van der Waals surface area contributed by atoms with Gasteiger partial charge in [-0.2, -0.15) is 0 Å². The molecule has 0 aromatic rings. The molecular weight excluding hydrogens is 138 g/mol. The zero-order valence-corrected chi connectivity index (χ0v) is 6.55. The topological polar surface area (TPSA) is 29.1 Å². The summed E-state index contributed by atoms with van der Waals surface area (Å²) in [5, 5.41) is 3.04. The van der Waals surface area contributed by atoms with E-state index in [0.717, 1.165) is 11.8 Å². The maximum absolute atomic E-state index is 11.1. The lowest BCUT2D eigenvalue weighted by Gasteiger charge is -2.37. The molecule has 60 valence electrons. The molecule has 0 aromatic carbocycles. The van der Waals surface area contributed by atoms with Gasteiger partial charge in [-0.15, -0.1) is 0 Å². The van der Waals surface area contributed by atoms with Crippen LogP contribution in [0.5, 0.6) is 0 Å². The highest BCUT2D eigenvalue weighted by Gasteiger charge is 2.53. The number of amides is 1. The van der Waals surface area contributed by atoms with Crippen molar-refractivity contribution in [2.24, 2.45) is 17.8 Å². The first kappa shape index (κ1) is 6.04. The van der Waals surface area contributed by atoms with Gasteiger partial charge in [-0.3, -0.25) is 4.79 Å². The van der Waals surface area contributed by atoms with Gasteiger partial charge in [0.2, 0.25) is 5.91 Å². The summed E-state index contributed by atoms with van der Waals surface area (Å²) < 4.78 is 0. The van der Waals surface area contributed by atoms with Gasteiger partial charge in [-0.1, -0.05) is 0 Å². The molecule has 0 radical (unpaired) electrons. The molecular formula is C9H13NO. The molecule has 2 aliphatic carbocycles. The van der Waals surface area contributed by atoms with Crippen LogP contribution in [0.1, 0.15) is 25.7 Å². The number of hydrogen-bond donors (Lipinski definition) is 1. The average molecular weight is 151 g/mol. The molecule has 1 aliphatic heterocycles. The van der Waals surface area contributed by atoms with Crippen molar-refractivity contribution in [3.63, 3.8) is 0 Å². The lowest BCUT2D eigenvalue weighted by atomic mass is 9.83. The molecule has 1 saturated heterocycles. The van der Waals surface area contributed by atoms with E-state index in [1.807, 2.05) is 0 Å². The number of carbonyl (C=O) groups excluding carboxylic acids is 1. The van der Waals surface area contributed by atoms with Crippen LogP contribution in [0.15, 0.2) is 0 Å². The molecule has 2 saturated carbocycles. The molecule has 0 spiro atoms. The minimum atomic E-state index is 0.337. The second kappa shape index (κ2) is 1.79. The van der Waals surface area contributed by atoms with Gasteiger partial charge in [0.25, 0.3) is 0 Å². The molecule has 0 aromatic heterocycles. The fraction of sp³-hybridized carbons (Fsp3) is 0.889.